The van der Waals surface area contributed by atoms with Crippen LogP contribution in [0.1, 0.15) is 25.0 Å². The monoisotopic (exact) mass is 390 g/mol. The second kappa shape index (κ2) is 9.68. The molecule has 0 aliphatic carbocycles. The molecule has 3 aromatic rings. The molecule has 0 aliphatic rings. The summed E-state index contributed by atoms with van der Waals surface area (Å²) in [4.78, 5) is 20.0. The second-order valence-electron chi connectivity index (χ2n) is 6.96. The number of anilines is 1. The highest BCUT2D eigenvalue weighted by molar-refractivity contribution is 5.73. The first-order valence-corrected chi connectivity index (χ1v) is 9.59. The first-order chi connectivity index (χ1) is 14.0. The van der Waals surface area contributed by atoms with Crippen molar-refractivity contribution in [2.75, 3.05) is 12.4 Å². The van der Waals surface area contributed by atoms with Crippen molar-refractivity contribution in [3.05, 3.63) is 72.1 Å². The van der Waals surface area contributed by atoms with Crippen LogP contribution >= 0.6 is 0 Å². The van der Waals surface area contributed by atoms with E-state index in [0.717, 1.165) is 28.9 Å². The Hall–Kier alpha value is -3.41. The lowest BCUT2D eigenvalue weighted by atomic mass is 10.0. The van der Waals surface area contributed by atoms with E-state index in [0.29, 0.717) is 12.5 Å². The molecule has 0 saturated heterocycles. The van der Waals surface area contributed by atoms with Crippen molar-refractivity contribution in [1.82, 2.24) is 15.3 Å². The van der Waals surface area contributed by atoms with Crippen molar-refractivity contribution in [1.29, 1.82) is 0 Å². The minimum absolute atomic E-state index is 0.00863. The summed E-state index contributed by atoms with van der Waals surface area (Å²) < 4.78 is 5.36. The molecule has 0 spiro atoms. The van der Waals surface area contributed by atoms with Crippen molar-refractivity contribution in [2.24, 2.45) is 0 Å². The van der Waals surface area contributed by atoms with Gasteiger partial charge in [0.1, 0.15) is 5.75 Å². The van der Waals surface area contributed by atoms with Crippen LogP contribution in [0, 0.1) is 0 Å². The van der Waals surface area contributed by atoms with Gasteiger partial charge in [-0.3, -0.25) is 4.79 Å². The molecule has 1 atom stereocenters. The summed E-state index contributed by atoms with van der Waals surface area (Å²) in [7, 11) is 1.66. The van der Waals surface area contributed by atoms with Crippen LogP contribution in [0.4, 0.5) is 5.95 Å². The SMILES string of the molecule is COc1ccccc1CNc1ncc(-c2ccc(CC(C)NC(C)=O)cc2)cn1. The van der Waals surface area contributed by atoms with E-state index in [1.807, 2.05) is 43.6 Å². The molecule has 0 aliphatic heterocycles. The molecule has 2 aromatic carbocycles. The molecule has 1 amide bonds. The number of aromatic nitrogens is 2. The smallest absolute Gasteiger partial charge is 0.222 e. The van der Waals surface area contributed by atoms with Crippen molar-refractivity contribution < 1.29 is 9.53 Å². The van der Waals surface area contributed by atoms with Crippen LogP contribution in [-0.4, -0.2) is 29.0 Å². The molecule has 1 heterocycles. The van der Waals surface area contributed by atoms with Gasteiger partial charge in [0.05, 0.1) is 7.11 Å². The number of rotatable bonds is 8. The molecular formula is C23H26N4O2. The number of hydrogen-bond donors (Lipinski definition) is 2. The number of para-hydroxylation sites is 1. The van der Waals surface area contributed by atoms with Gasteiger partial charge in [0.25, 0.3) is 0 Å². The summed E-state index contributed by atoms with van der Waals surface area (Å²) in [6.07, 6.45) is 4.42. The van der Waals surface area contributed by atoms with Crippen molar-refractivity contribution >= 4 is 11.9 Å². The van der Waals surface area contributed by atoms with Gasteiger partial charge < -0.3 is 15.4 Å². The van der Waals surface area contributed by atoms with Gasteiger partial charge in [-0.1, -0.05) is 42.5 Å². The first kappa shape index (κ1) is 20.3. The van der Waals surface area contributed by atoms with Gasteiger partial charge in [0.15, 0.2) is 0 Å². The average molecular weight is 390 g/mol. The van der Waals surface area contributed by atoms with Crippen molar-refractivity contribution in [2.45, 2.75) is 32.9 Å². The van der Waals surface area contributed by atoms with Crippen LogP contribution in [0.2, 0.25) is 0 Å². The number of methoxy groups -OCH3 is 1. The fraction of sp³-hybridized carbons (Fsp3) is 0.261. The maximum Gasteiger partial charge on any atom is 0.222 e. The number of amides is 1. The maximum absolute atomic E-state index is 11.1. The third-order valence-electron chi connectivity index (χ3n) is 4.56. The van der Waals surface area contributed by atoms with Crippen LogP contribution in [0.3, 0.4) is 0 Å². The van der Waals surface area contributed by atoms with Crippen LogP contribution in [0.15, 0.2) is 60.9 Å². The van der Waals surface area contributed by atoms with Crippen LogP contribution in [0.25, 0.3) is 11.1 Å². The molecule has 6 nitrogen and oxygen atoms in total. The van der Waals surface area contributed by atoms with Crippen LogP contribution in [0.5, 0.6) is 5.75 Å². The lowest BCUT2D eigenvalue weighted by molar-refractivity contribution is -0.119. The highest BCUT2D eigenvalue weighted by Crippen LogP contribution is 2.21. The molecule has 1 aromatic heterocycles. The van der Waals surface area contributed by atoms with E-state index in [9.17, 15) is 4.79 Å². The Labute approximate surface area is 171 Å². The Morgan fingerprint density at radius 1 is 1.03 bits per heavy atom. The van der Waals surface area contributed by atoms with Crippen LogP contribution < -0.4 is 15.4 Å². The topological polar surface area (TPSA) is 76.1 Å². The largest absolute Gasteiger partial charge is 0.496 e. The van der Waals surface area contributed by atoms with E-state index in [-0.39, 0.29) is 11.9 Å². The predicted molar refractivity (Wildman–Crippen MR) is 115 cm³/mol. The number of ether oxygens (including phenoxy) is 1. The van der Waals surface area contributed by atoms with E-state index >= 15 is 0 Å². The normalized spacial score (nSPS) is 11.6. The van der Waals surface area contributed by atoms with E-state index in [1.165, 1.54) is 12.5 Å². The number of carbonyl (C=O) groups excluding carboxylic acids is 1. The zero-order valence-corrected chi connectivity index (χ0v) is 17.0. The Morgan fingerprint density at radius 3 is 2.38 bits per heavy atom. The van der Waals surface area contributed by atoms with E-state index < -0.39 is 0 Å². The minimum Gasteiger partial charge on any atom is -0.496 e. The average Bonchev–Trinajstić information content (AvgIpc) is 2.73. The zero-order chi connectivity index (χ0) is 20.6. The Kier molecular flexibility index (Phi) is 6.79. The molecule has 2 N–H and O–H groups in total. The summed E-state index contributed by atoms with van der Waals surface area (Å²) in [6, 6.07) is 16.2. The maximum atomic E-state index is 11.1. The summed E-state index contributed by atoms with van der Waals surface area (Å²) in [6.45, 7) is 4.12. The quantitative estimate of drug-likeness (QED) is 0.611. The Bertz CT molecular complexity index is 940. The molecule has 0 fully saturated rings. The standard InChI is InChI=1S/C23H26N4O2/c1-16(27-17(2)28)12-18-8-10-19(11-9-18)21-14-25-23(26-15-21)24-13-20-6-4-5-7-22(20)29-3/h4-11,14-16H,12-13H2,1-3H3,(H,27,28)(H,24,25,26). The second-order valence-corrected chi connectivity index (χ2v) is 6.96. The molecule has 1 unspecified atom stereocenters. The van der Waals surface area contributed by atoms with E-state index in [2.05, 4.69) is 44.9 Å². The van der Waals surface area contributed by atoms with Gasteiger partial charge in [-0.05, 0) is 30.5 Å². The molecule has 0 saturated carbocycles. The van der Waals surface area contributed by atoms with Gasteiger partial charge in [-0.15, -0.1) is 0 Å². The highest BCUT2D eigenvalue weighted by Gasteiger charge is 2.07. The molecule has 6 heteroatoms. The summed E-state index contributed by atoms with van der Waals surface area (Å²) in [5.74, 6) is 1.40. The van der Waals surface area contributed by atoms with Crippen molar-refractivity contribution in [3.8, 4) is 16.9 Å². The molecular weight excluding hydrogens is 364 g/mol. The van der Waals surface area contributed by atoms with Gasteiger partial charge in [0, 0.05) is 43.0 Å². The fourth-order valence-corrected chi connectivity index (χ4v) is 3.18. The summed E-state index contributed by atoms with van der Waals surface area (Å²) in [5.41, 5.74) is 4.23. The molecule has 0 radical (unpaired) electrons. The van der Waals surface area contributed by atoms with Gasteiger partial charge in [-0.25, -0.2) is 9.97 Å². The lowest BCUT2D eigenvalue weighted by Crippen LogP contribution is -2.31. The minimum atomic E-state index is -0.00863. The summed E-state index contributed by atoms with van der Waals surface area (Å²) in [5, 5.41) is 6.12. The number of hydrogen-bond acceptors (Lipinski definition) is 5. The first-order valence-electron chi connectivity index (χ1n) is 9.59. The number of carbonyl (C=O) groups is 1. The Morgan fingerprint density at radius 2 is 1.72 bits per heavy atom. The van der Waals surface area contributed by atoms with Crippen molar-refractivity contribution in [3.63, 3.8) is 0 Å². The van der Waals surface area contributed by atoms with Gasteiger partial charge in [0.2, 0.25) is 11.9 Å². The Balaban J connectivity index is 1.60. The highest BCUT2D eigenvalue weighted by atomic mass is 16.5. The third kappa shape index (κ3) is 5.78. The molecule has 0 bridgehead atoms. The summed E-state index contributed by atoms with van der Waals surface area (Å²) >= 11 is 0. The molecule has 150 valence electrons. The molecule has 29 heavy (non-hydrogen) atoms. The molecule has 3 rings (SSSR count). The van der Waals surface area contributed by atoms with Gasteiger partial charge >= 0.3 is 0 Å². The third-order valence-corrected chi connectivity index (χ3v) is 4.56. The number of nitrogens with one attached hydrogen (secondary N) is 2. The lowest BCUT2D eigenvalue weighted by Gasteiger charge is -2.12. The van der Waals surface area contributed by atoms with Gasteiger partial charge in [-0.2, -0.15) is 0 Å². The predicted octanol–water partition coefficient (Wildman–Crippen LogP) is 3.83. The van der Waals surface area contributed by atoms with E-state index in [4.69, 9.17) is 4.74 Å². The number of benzene rings is 2. The fourth-order valence-electron chi connectivity index (χ4n) is 3.18. The van der Waals surface area contributed by atoms with E-state index in [1.54, 1.807) is 7.11 Å². The van der Waals surface area contributed by atoms with Crippen LogP contribution in [-0.2, 0) is 17.8 Å². The zero-order valence-electron chi connectivity index (χ0n) is 17.0. The number of nitrogens with zero attached hydrogens (tertiary/aromatic N) is 2.